The number of nitrogens with one attached hydrogen (secondary N) is 4. The van der Waals surface area contributed by atoms with Crippen LogP contribution in [0, 0.1) is 0 Å². The molecule has 1 aliphatic carbocycles. The Bertz CT molecular complexity index is 2110. The van der Waals surface area contributed by atoms with Gasteiger partial charge in [0.15, 0.2) is 5.78 Å². The van der Waals surface area contributed by atoms with E-state index in [0.717, 1.165) is 0 Å². The average Bonchev–Trinajstić information content (AvgIpc) is 4.01. The summed E-state index contributed by atoms with van der Waals surface area (Å²) < 4.78 is 9.51. The molecular formula is C43H42N6O9. The van der Waals surface area contributed by atoms with Gasteiger partial charge in [0.25, 0.3) is 11.8 Å². The van der Waals surface area contributed by atoms with Crippen molar-refractivity contribution in [1.82, 2.24) is 20.4 Å². The fourth-order valence-corrected chi connectivity index (χ4v) is 7.84. The Morgan fingerprint density at radius 1 is 0.569 bits per heavy atom. The maximum atomic E-state index is 13.8. The van der Waals surface area contributed by atoms with Gasteiger partial charge >= 0.3 is 12.2 Å². The molecule has 15 heteroatoms. The summed E-state index contributed by atoms with van der Waals surface area (Å²) in [5.41, 5.74) is 3.86. The van der Waals surface area contributed by atoms with Crippen molar-refractivity contribution in [3.05, 3.63) is 119 Å². The SMILES string of the molecule is COC(=O)N[C@@H](C(=O)N1CCC[C@H]1C(=O)Nc1ccc2c(c1)C(=O)c1cc(NC(=O)[C@@H]3CCCN3C(=O)[C@H](NC(=O)OC)c3ccccc3)ccc1-2)c1ccccc1. The van der Waals surface area contributed by atoms with Gasteiger partial charge in [0.1, 0.15) is 24.2 Å². The molecule has 4 aromatic rings. The lowest BCUT2D eigenvalue weighted by Crippen LogP contribution is -2.48. The zero-order valence-electron chi connectivity index (χ0n) is 31.9. The van der Waals surface area contributed by atoms with Gasteiger partial charge < -0.3 is 40.5 Å². The van der Waals surface area contributed by atoms with E-state index < -0.39 is 60.0 Å². The highest BCUT2D eigenvalue weighted by Gasteiger charge is 2.40. The highest BCUT2D eigenvalue weighted by atomic mass is 16.5. The monoisotopic (exact) mass is 786 g/mol. The number of ketones is 1. The largest absolute Gasteiger partial charge is 0.453 e. The number of fused-ring (bicyclic) bond motifs is 3. The first-order chi connectivity index (χ1) is 28.1. The van der Waals surface area contributed by atoms with Crippen molar-refractivity contribution in [2.24, 2.45) is 0 Å². The molecule has 2 aliphatic heterocycles. The van der Waals surface area contributed by atoms with Crippen LogP contribution in [0.25, 0.3) is 11.1 Å². The molecule has 4 aromatic carbocycles. The predicted molar refractivity (Wildman–Crippen MR) is 211 cm³/mol. The number of alkyl carbamates (subject to hydrolysis) is 2. The van der Waals surface area contributed by atoms with E-state index in [1.165, 1.54) is 24.0 Å². The van der Waals surface area contributed by atoms with Crippen LogP contribution in [0.4, 0.5) is 21.0 Å². The van der Waals surface area contributed by atoms with E-state index in [1.54, 1.807) is 97.1 Å². The Balaban J connectivity index is 1.02. The quantitative estimate of drug-likeness (QED) is 0.152. The third-order valence-electron chi connectivity index (χ3n) is 10.7. The van der Waals surface area contributed by atoms with Crippen LogP contribution in [0.2, 0.25) is 0 Å². The topological polar surface area (TPSA) is 193 Å². The van der Waals surface area contributed by atoms with Crippen LogP contribution in [0.15, 0.2) is 97.1 Å². The first-order valence-electron chi connectivity index (χ1n) is 18.9. The van der Waals surface area contributed by atoms with Gasteiger partial charge in [0, 0.05) is 35.6 Å². The van der Waals surface area contributed by atoms with Crippen LogP contribution in [0.1, 0.15) is 64.8 Å². The maximum Gasteiger partial charge on any atom is 0.407 e. The summed E-state index contributed by atoms with van der Waals surface area (Å²) in [6.07, 6.45) is 0.415. The van der Waals surface area contributed by atoms with Gasteiger partial charge in [-0.05, 0) is 72.2 Å². The van der Waals surface area contributed by atoms with Crippen LogP contribution < -0.4 is 21.3 Å². The molecule has 0 saturated carbocycles. The van der Waals surface area contributed by atoms with Crippen molar-refractivity contribution >= 4 is 53.0 Å². The Hall–Kier alpha value is -7.03. The smallest absolute Gasteiger partial charge is 0.407 e. The molecule has 0 radical (unpaired) electrons. The first-order valence-corrected chi connectivity index (χ1v) is 18.9. The fourth-order valence-electron chi connectivity index (χ4n) is 7.84. The number of hydrogen-bond acceptors (Lipinski definition) is 9. The van der Waals surface area contributed by atoms with E-state index in [0.29, 0.717) is 83.5 Å². The Kier molecular flexibility index (Phi) is 11.5. The number of rotatable bonds is 10. The highest BCUT2D eigenvalue weighted by molar-refractivity contribution is 6.23. The minimum Gasteiger partial charge on any atom is -0.453 e. The number of methoxy groups -OCH3 is 2. The Labute approximate surface area is 334 Å². The standard InChI is InChI=1S/C43H42N6O9/c1-57-42(55)46-35(25-11-5-3-6-12-25)40(53)48-21-9-15-33(48)38(51)44-27-17-19-29-30-20-18-28(24-32(30)37(50)31(29)23-27)45-39(52)34-16-10-22-49(34)41(54)36(47-43(56)58-2)26-13-7-4-8-14-26/h3-8,11-14,17-20,23-24,33-36H,9-10,15-16,21-22H2,1-2H3,(H,44,51)(H,45,52)(H,46,55)(H,47,56)/t33-,34-,35+,36+/m0/s1. The van der Waals surface area contributed by atoms with Crippen LogP contribution in [0.3, 0.4) is 0 Å². The molecule has 0 unspecified atom stereocenters. The van der Waals surface area contributed by atoms with Gasteiger partial charge in [0.05, 0.1) is 14.2 Å². The normalized spacial score (nSPS) is 17.7. The van der Waals surface area contributed by atoms with Crippen molar-refractivity contribution in [2.45, 2.75) is 49.9 Å². The Morgan fingerprint density at radius 3 is 1.34 bits per heavy atom. The summed E-state index contributed by atoms with van der Waals surface area (Å²) in [5.74, 6) is -2.06. The molecule has 58 heavy (non-hydrogen) atoms. The Morgan fingerprint density at radius 2 is 0.966 bits per heavy atom. The molecule has 0 aromatic heterocycles. The average molecular weight is 787 g/mol. The van der Waals surface area contributed by atoms with Crippen molar-refractivity contribution in [2.75, 3.05) is 37.9 Å². The second-order valence-corrected chi connectivity index (χ2v) is 14.2. The zero-order chi connectivity index (χ0) is 40.9. The van der Waals surface area contributed by atoms with E-state index in [4.69, 9.17) is 9.47 Å². The molecule has 4 N–H and O–H groups in total. The van der Waals surface area contributed by atoms with Gasteiger partial charge in [-0.15, -0.1) is 0 Å². The predicted octanol–water partition coefficient (Wildman–Crippen LogP) is 4.95. The number of amides is 6. The molecule has 4 atom stereocenters. The number of benzene rings is 4. The molecule has 6 amide bonds. The van der Waals surface area contributed by atoms with Crippen molar-refractivity contribution in [1.29, 1.82) is 0 Å². The van der Waals surface area contributed by atoms with Crippen LogP contribution in [-0.4, -0.2) is 90.8 Å². The molecule has 2 saturated heterocycles. The van der Waals surface area contributed by atoms with Gasteiger partial charge in [-0.1, -0.05) is 72.8 Å². The lowest BCUT2D eigenvalue weighted by Gasteiger charge is -2.28. The molecule has 2 fully saturated rings. The number of nitrogens with zero attached hydrogens (tertiary/aromatic N) is 2. The van der Waals surface area contributed by atoms with Crippen LogP contribution >= 0.6 is 0 Å². The van der Waals surface area contributed by atoms with Crippen molar-refractivity contribution in [3.63, 3.8) is 0 Å². The molecule has 15 nitrogen and oxygen atoms in total. The second-order valence-electron chi connectivity index (χ2n) is 14.2. The van der Waals surface area contributed by atoms with E-state index in [1.807, 2.05) is 0 Å². The van der Waals surface area contributed by atoms with E-state index in [-0.39, 0.29) is 5.78 Å². The second kappa shape index (κ2) is 17.0. The highest BCUT2D eigenvalue weighted by Crippen LogP contribution is 2.39. The van der Waals surface area contributed by atoms with Crippen molar-refractivity contribution < 1.29 is 43.0 Å². The minimum atomic E-state index is -1.06. The minimum absolute atomic E-state index is 0.299. The molecule has 3 aliphatic rings. The lowest BCUT2D eigenvalue weighted by atomic mass is 10.0. The van der Waals surface area contributed by atoms with Crippen LogP contribution in [-0.2, 0) is 28.7 Å². The maximum absolute atomic E-state index is 13.8. The van der Waals surface area contributed by atoms with E-state index in [2.05, 4.69) is 21.3 Å². The van der Waals surface area contributed by atoms with Gasteiger partial charge in [-0.25, -0.2) is 9.59 Å². The fraction of sp³-hybridized carbons (Fsp3) is 0.279. The van der Waals surface area contributed by atoms with E-state index >= 15 is 0 Å². The van der Waals surface area contributed by atoms with Gasteiger partial charge in [-0.3, -0.25) is 24.0 Å². The molecule has 2 heterocycles. The number of carbonyl (C=O) groups is 7. The molecule has 0 spiro atoms. The summed E-state index contributed by atoms with van der Waals surface area (Å²) in [6, 6.07) is 23.7. The number of carbonyl (C=O) groups excluding carboxylic acids is 7. The van der Waals surface area contributed by atoms with E-state index in [9.17, 15) is 33.6 Å². The summed E-state index contributed by atoms with van der Waals surface area (Å²) in [7, 11) is 2.41. The molecular weight excluding hydrogens is 745 g/mol. The molecule has 7 rings (SSSR count). The zero-order valence-corrected chi connectivity index (χ0v) is 31.9. The van der Waals surface area contributed by atoms with Crippen molar-refractivity contribution in [3.8, 4) is 11.1 Å². The third kappa shape index (κ3) is 7.96. The summed E-state index contributed by atoms with van der Waals surface area (Å²) in [6.45, 7) is 0.631. The van der Waals surface area contributed by atoms with Gasteiger partial charge in [-0.2, -0.15) is 0 Å². The number of likely N-dealkylation sites (tertiary alicyclic amines) is 2. The first kappa shape index (κ1) is 39.2. The number of ether oxygens (including phenoxy) is 2. The number of anilines is 2. The summed E-state index contributed by atoms with van der Waals surface area (Å²) in [4.78, 5) is 96.0. The number of hydrogen-bond donors (Lipinski definition) is 4. The summed E-state index contributed by atoms with van der Waals surface area (Å²) in [5, 5.41) is 10.9. The van der Waals surface area contributed by atoms with Crippen LogP contribution in [0.5, 0.6) is 0 Å². The molecule has 298 valence electrons. The lowest BCUT2D eigenvalue weighted by molar-refractivity contribution is -0.138. The third-order valence-corrected chi connectivity index (χ3v) is 10.7. The van der Waals surface area contributed by atoms with Gasteiger partial charge in [0.2, 0.25) is 11.8 Å². The molecule has 0 bridgehead atoms. The summed E-state index contributed by atoms with van der Waals surface area (Å²) >= 11 is 0.